The Morgan fingerprint density at radius 1 is 1.20 bits per heavy atom. The fourth-order valence-corrected chi connectivity index (χ4v) is 3.77. The highest BCUT2D eigenvalue weighted by atomic mass is 35.5. The number of carbonyl (C=O) groups excluding carboxylic acids is 1. The van der Waals surface area contributed by atoms with Gasteiger partial charge in [-0.2, -0.15) is 0 Å². The summed E-state index contributed by atoms with van der Waals surface area (Å²) in [5.74, 6) is 0.491. The first-order chi connectivity index (χ1) is 14.3. The van der Waals surface area contributed by atoms with Crippen LogP contribution in [0.2, 0.25) is 0 Å². The Balaban J connectivity index is 0.000000518. The predicted octanol–water partition coefficient (Wildman–Crippen LogP) is 6.03. The first-order valence-corrected chi connectivity index (χ1v) is 11.7. The number of hydrogen-bond donors (Lipinski definition) is 0. The zero-order valence-electron chi connectivity index (χ0n) is 20.3. The molecule has 30 heavy (non-hydrogen) atoms. The van der Waals surface area contributed by atoms with E-state index >= 15 is 0 Å². The molecule has 0 N–H and O–H groups in total. The van der Waals surface area contributed by atoms with Crippen LogP contribution in [0.15, 0.2) is 35.4 Å². The number of ether oxygens (including phenoxy) is 1. The highest BCUT2D eigenvalue weighted by Gasteiger charge is 2.29. The third kappa shape index (κ3) is 11.5. The summed E-state index contributed by atoms with van der Waals surface area (Å²) in [6.07, 6.45) is 11.2. The van der Waals surface area contributed by atoms with Crippen molar-refractivity contribution in [2.24, 2.45) is 5.92 Å². The molecule has 0 saturated carbocycles. The summed E-state index contributed by atoms with van der Waals surface area (Å²) in [5.41, 5.74) is 1.13. The van der Waals surface area contributed by atoms with Crippen LogP contribution < -0.4 is 0 Å². The molecule has 0 spiro atoms. The van der Waals surface area contributed by atoms with Crippen molar-refractivity contribution < 1.29 is 9.53 Å². The van der Waals surface area contributed by atoms with Crippen molar-refractivity contribution in [3.63, 3.8) is 0 Å². The van der Waals surface area contributed by atoms with Crippen molar-refractivity contribution in [1.82, 2.24) is 9.80 Å². The van der Waals surface area contributed by atoms with Gasteiger partial charge in [0.2, 0.25) is 0 Å². The van der Waals surface area contributed by atoms with E-state index in [2.05, 4.69) is 50.1 Å². The van der Waals surface area contributed by atoms with E-state index in [1.807, 2.05) is 32.8 Å². The second kappa shape index (κ2) is 15.8. The van der Waals surface area contributed by atoms with Crippen LogP contribution in [-0.4, -0.2) is 61.1 Å². The molecule has 2 saturated heterocycles. The minimum Gasteiger partial charge on any atom is -0.360 e. The first kappa shape index (κ1) is 29.1. The van der Waals surface area contributed by atoms with E-state index in [-0.39, 0.29) is 5.60 Å². The number of fused-ring (bicyclic) bond motifs is 1. The van der Waals surface area contributed by atoms with Gasteiger partial charge in [-0.05, 0) is 64.1 Å². The highest BCUT2D eigenvalue weighted by Crippen LogP contribution is 2.26. The van der Waals surface area contributed by atoms with Gasteiger partial charge in [0.15, 0.2) is 0 Å². The van der Waals surface area contributed by atoms with Crippen LogP contribution >= 0.6 is 11.6 Å². The van der Waals surface area contributed by atoms with E-state index in [1.54, 1.807) is 0 Å². The van der Waals surface area contributed by atoms with Crippen molar-refractivity contribution in [3.05, 3.63) is 35.4 Å². The number of allylic oxidation sites excluding steroid dienone is 5. The Hall–Kier alpha value is -0.940. The molecule has 2 fully saturated rings. The SMILES string of the molecule is C=CC1=CCC(C)C(Cl)=C1.C=O.CC.CC(C)(C)OCN1CCN2CCCCC2C1. The van der Waals surface area contributed by atoms with Gasteiger partial charge in [-0.15, -0.1) is 0 Å². The molecule has 0 aromatic rings. The molecule has 2 unspecified atom stereocenters. The lowest BCUT2D eigenvalue weighted by molar-refractivity contribution is -0.0980. The highest BCUT2D eigenvalue weighted by molar-refractivity contribution is 6.30. The van der Waals surface area contributed by atoms with Crippen LogP contribution in [0.5, 0.6) is 0 Å². The maximum atomic E-state index is 8.00. The molecular formula is C25H45ClN2O2. The fraction of sp³-hybridized carbons (Fsp3) is 0.720. The second-order valence-corrected chi connectivity index (χ2v) is 9.16. The van der Waals surface area contributed by atoms with Gasteiger partial charge < -0.3 is 9.53 Å². The normalized spacial score (nSPS) is 24.2. The van der Waals surface area contributed by atoms with Gasteiger partial charge in [-0.25, -0.2) is 0 Å². The molecule has 0 bridgehead atoms. The van der Waals surface area contributed by atoms with E-state index < -0.39 is 0 Å². The Kier molecular flexibility index (Phi) is 15.3. The molecule has 0 aromatic heterocycles. The van der Waals surface area contributed by atoms with Crippen molar-refractivity contribution in [3.8, 4) is 0 Å². The summed E-state index contributed by atoms with van der Waals surface area (Å²) in [7, 11) is 0. The van der Waals surface area contributed by atoms with Gasteiger partial charge in [0, 0.05) is 30.7 Å². The minimum absolute atomic E-state index is 0.0102. The summed E-state index contributed by atoms with van der Waals surface area (Å²) in [4.78, 5) is 13.1. The average molecular weight is 441 g/mol. The van der Waals surface area contributed by atoms with Gasteiger partial charge in [-0.3, -0.25) is 9.80 Å². The molecule has 3 rings (SSSR count). The number of piperazine rings is 1. The van der Waals surface area contributed by atoms with E-state index in [9.17, 15) is 0 Å². The fourth-order valence-electron chi connectivity index (χ4n) is 3.55. The standard InChI is InChI=1S/C13H26N2O.C9H11Cl.C2H6.CH2O/c1-13(2,3)16-11-14-8-9-15-7-5-4-6-12(15)10-14;1-3-8-5-4-7(2)9(10)6-8;2*1-2/h12H,4-11H2,1-3H3;3,5-7H,1,4H2,2H3;1-2H3;1H2. The van der Waals surface area contributed by atoms with Crippen LogP contribution in [0.1, 0.15) is 67.2 Å². The van der Waals surface area contributed by atoms with Crippen LogP contribution in [0.4, 0.5) is 0 Å². The molecule has 2 aliphatic heterocycles. The van der Waals surface area contributed by atoms with Gasteiger partial charge in [0.1, 0.15) is 6.79 Å². The van der Waals surface area contributed by atoms with Crippen molar-refractivity contribution in [1.29, 1.82) is 0 Å². The number of halogens is 1. The summed E-state index contributed by atoms with van der Waals surface area (Å²) in [6.45, 7) is 23.9. The number of hydrogen-bond acceptors (Lipinski definition) is 4. The average Bonchev–Trinajstić information content (AvgIpc) is 2.77. The second-order valence-electron chi connectivity index (χ2n) is 8.72. The van der Waals surface area contributed by atoms with Crippen LogP contribution in [0, 0.1) is 5.92 Å². The Morgan fingerprint density at radius 2 is 1.87 bits per heavy atom. The monoisotopic (exact) mass is 440 g/mol. The third-order valence-corrected chi connectivity index (χ3v) is 5.80. The third-order valence-electron chi connectivity index (χ3n) is 5.32. The molecule has 1 aliphatic carbocycles. The largest absolute Gasteiger partial charge is 0.360 e. The van der Waals surface area contributed by atoms with Crippen molar-refractivity contribution >= 4 is 18.4 Å². The van der Waals surface area contributed by atoms with Crippen LogP contribution in [-0.2, 0) is 9.53 Å². The lowest BCUT2D eigenvalue weighted by atomic mass is 9.98. The van der Waals surface area contributed by atoms with E-state index in [0.717, 1.165) is 29.8 Å². The van der Waals surface area contributed by atoms with E-state index in [0.29, 0.717) is 5.92 Å². The van der Waals surface area contributed by atoms with E-state index in [1.165, 1.54) is 45.4 Å². The molecule has 2 atom stereocenters. The Morgan fingerprint density at radius 3 is 2.43 bits per heavy atom. The molecule has 5 heteroatoms. The predicted molar refractivity (Wildman–Crippen MR) is 131 cm³/mol. The smallest absolute Gasteiger partial charge is 0.106 e. The lowest BCUT2D eigenvalue weighted by Crippen LogP contribution is -2.55. The maximum Gasteiger partial charge on any atom is 0.106 e. The molecule has 3 aliphatic rings. The Labute approximate surface area is 191 Å². The summed E-state index contributed by atoms with van der Waals surface area (Å²) >= 11 is 5.91. The van der Waals surface area contributed by atoms with Gasteiger partial charge in [-0.1, -0.05) is 57.5 Å². The zero-order valence-corrected chi connectivity index (χ0v) is 21.0. The van der Waals surface area contributed by atoms with Crippen LogP contribution in [0.3, 0.4) is 0 Å². The first-order valence-electron chi connectivity index (χ1n) is 11.4. The van der Waals surface area contributed by atoms with Gasteiger partial charge in [0.25, 0.3) is 0 Å². The number of carbonyl (C=O) groups is 1. The molecule has 0 radical (unpaired) electrons. The molecule has 0 aromatic carbocycles. The Bertz CT molecular complexity index is 540. The molecule has 0 amide bonds. The quantitative estimate of drug-likeness (QED) is 0.536. The van der Waals surface area contributed by atoms with Crippen molar-refractivity contribution in [2.45, 2.75) is 78.9 Å². The lowest BCUT2D eigenvalue weighted by Gasteiger charge is -2.44. The van der Waals surface area contributed by atoms with Crippen molar-refractivity contribution in [2.75, 3.05) is 32.9 Å². The maximum absolute atomic E-state index is 8.00. The number of nitrogens with zero attached hydrogens (tertiary/aromatic N) is 2. The summed E-state index contributed by atoms with van der Waals surface area (Å²) < 4.78 is 5.86. The molecule has 2 heterocycles. The van der Waals surface area contributed by atoms with Gasteiger partial charge in [0.05, 0.1) is 12.3 Å². The molecule has 4 nitrogen and oxygen atoms in total. The number of rotatable bonds is 3. The minimum atomic E-state index is -0.0102. The zero-order chi connectivity index (χ0) is 23.2. The number of piperidine rings is 1. The van der Waals surface area contributed by atoms with Gasteiger partial charge >= 0.3 is 0 Å². The van der Waals surface area contributed by atoms with Crippen LogP contribution in [0.25, 0.3) is 0 Å². The molecular weight excluding hydrogens is 396 g/mol. The topological polar surface area (TPSA) is 32.8 Å². The van der Waals surface area contributed by atoms with E-state index in [4.69, 9.17) is 21.1 Å². The summed E-state index contributed by atoms with van der Waals surface area (Å²) in [5, 5.41) is 0.942. The molecule has 174 valence electrons. The summed E-state index contributed by atoms with van der Waals surface area (Å²) in [6, 6.07) is 0.797.